The number of aromatic nitrogens is 1. The predicted octanol–water partition coefficient (Wildman–Crippen LogP) is 2.18. The van der Waals surface area contributed by atoms with Crippen molar-refractivity contribution in [1.29, 1.82) is 5.26 Å². The second kappa shape index (κ2) is 8.06. The Morgan fingerprint density at radius 2 is 2.04 bits per heavy atom. The second-order valence-corrected chi connectivity index (χ2v) is 6.78. The van der Waals surface area contributed by atoms with Crippen molar-refractivity contribution < 1.29 is 15.0 Å². The molecule has 1 aromatic carbocycles. The molecule has 1 fully saturated rings. The van der Waals surface area contributed by atoms with E-state index >= 15 is 0 Å². The van der Waals surface area contributed by atoms with Gasteiger partial charge in [0.1, 0.15) is 5.56 Å². The summed E-state index contributed by atoms with van der Waals surface area (Å²) < 4.78 is 1.57. The Balaban J connectivity index is 1.83. The van der Waals surface area contributed by atoms with E-state index in [-0.39, 0.29) is 6.04 Å². The molecule has 2 N–H and O–H groups in total. The maximum atomic E-state index is 11.7. The highest BCUT2D eigenvalue weighted by Crippen LogP contribution is 2.22. The van der Waals surface area contributed by atoms with E-state index in [9.17, 15) is 20.0 Å². The molecule has 0 bridgehead atoms. The Hall–Kier alpha value is -3.11. The third-order valence-corrected chi connectivity index (χ3v) is 4.97. The SMILES string of the molecule is N#Cc1ccccc1CN1CCCCC1Cn1cc(O)c(=O)c(C(=O)O)c1. The minimum atomic E-state index is -1.35. The number of benzene rings is 1. The van der Waals surface area contributed by atoms with Crippen molar-refractivity contribution in [1.82, 2.24) is 9.47 Å². The first-order valence-corrected chi connectivity index (χ1v) is 8.88. The van der Waals surface area contributed by atoms with Gasteiger partial charge in [0.15, 0.2) is 5.75 Å². The van der Waals surface area contributed by atoms with Crippen LogP contribution in [0.2, 0.25) is 0 Å². The van der Waals surface area contributed by atoms with E-state index in [1.165, 1.54) is 12.4 Å². The van der Waals surface area contributed by atoms with Crippen molar-refractivity contribution in [3.05, 3.63) is 63.6 Å². The zero-order chi connectivity index (χ0) is 19.4. The number of rotatable bonds is 5. The Morgan fingerprint density at radius 3 is 2.78 bits per heavy atom. The van der Waals surface area contributed by atoms with Crippen molar-refractivity contribution in [2.75, 3.05) is 6.54 Å². The Kier molecular flexibility index (Phi) is 5.57. The fraction of sp³-hybridized carbons (Fsp3) is 0.350. The Bertz CT molecular complexity index is 945. The molecule has 140 valence electrons. The third-order valence-electron chi connectivity index (χ3n) is 4.97. The van der Waals surface area contributed by atoms with Gasteiger partial charge in [0.2, 0.25) is 5.43 Å². The minimum absolute atomic E-state index is 0.119. The molecule has 0 radical (unpaired) electrons. The number of hydrogen-bond acceptors (Lipinski definition) is 5. The third kappa shape index (κ3) is 4.18. The molecule has 1 unspecified atom stereocenters. The number of carboxylic acids is 1. The van der Waals surface area contributed by atoms with E-state index in [1.54, 1.807) is 10.6 Å². The monoisotopic (exact) mass is 367 g/mol. The summed E-state index contributed by atoms with van der Waals surface area (Å²) in [5.74, 6) is -1.92. The zero-order valence-corrected chi connectivity index (χ0v) is 14.8. The van der Waals surface area contributed by atoms with Gasteiger partial charge in [0.25, 0.3) is 0 Å². The molecule has 0 saturated carbocycles. The summed E-state index contributed by atoms with van der Waals surface area (Å²) in [5.41, 5.74) is 0.297. The van der Waals surface area contributed by atoms with Crippen LogP contribution in [0.4, 0.5) is 0 Å². The first-order valence-electron chi connectivity index (χ1n) is 8.88. The van der Waals surface area contributed by atoms with Crippen LogP contribution in [0.5, 0.6) is 5.75 Å². The van der Waals surface area contributed by atoms with Crippen LogP contribution in [0.3, 0.4) is 0 Å². The standard InChI is InChI=1S/C20H21N3O4/c21-9-14-5-1-2-6-15(14)10-23-8-4-3-7-16(23)11-22-12-17(20(26)27)19(25)18(24)13-22/h1-2,5-6,12-13,16,24H,3-4,7-8,10-11H2,(H,26,27). The number of pyridine rings is 1. The molecular formula is C20H21N3O4. The topological polar surface area (TPSA) is 107 Å². The lowest BCUT2D eigenvalue weighted by Crippen LogP contribution is -2.41. The highest BCUT2D eigenvalue weighted by molar-refractivity contribution is 5.87. The summed E-state index contributed by atoms with van der Waals surface area (Å²) in [5, 5.41) is 28.2. The number of likely N-dealkylation sites (tertiary alicyclic amines) is 1. The maximum Gasteiger partial charge on any atom is 0.341 e. The van der Waals surface area contributed by atoms with Crippen LogP contribution in [-0.2, 0) is 13.1 Å². The van der Waals surface area contributed by atoms with Crippen molar-refractivity contribution >= 4 is 5.97 Å². The number of carbonyl (C=O) groups is 1. The summed E-state index contributed by atoms with van der Waals surface area (Å²) >= 11 is 0. The molecule has 1 aliphatic heterocycles. The summed E-state index contributed by atoms with van der Waals surface area (Å²) in [6.07, 6.45) is 5.59. The van der Waals surface area contributed by atoms with Crippen LogP contribution in [0.1, 0.15) is 40.7 Å². The van der Waals surface area contributed by atoms with Crippen LogP contribution >= 0.6 is 0 Å². The Morgan fingerprint density at radius 1 is 1.26 bits per heavy atom. The van der Waals surface area contributed by atoms with Gasteiger partial charge in [-0.05, 0) is 31.0 Å². The van der Waals surface area contributed by atoms with Crippen molar-refractivity contribution in [2.24, 2.45) is 0 Å². The smallest absolute Gasteiger partial charge is 0.341 e. The zero-order valence-electron chi connectivity index (χ0n) is 14.8. The van der Waals surface area contributed by atoms with E-state index in [4.69, 9.17) is 5.11 Å². The van der Waals surface area contributed by atoms with Crippen LogP contribution < -0.4 is 5.43 Å². The number of hydrogen-bond donors (Lipinski definition) is 2. The average molecular weight is 367 g/mol. The summed E-state index contributed by atoms with van der Waals surface area (Å²) in [4.78, 5) is 25.2. The number of aromatic hydroxyl groups is 1. The highest BCUT2D eigenvalue weighted by atomic mass is 16.4. The van der Waals surface area contributed by atoms with Crippen LogP contribution in [-0.4, -0.2) is 38.2 Å². The van der Waals surface area contributed by atoms with Crippen molar-refractivity contribution in [3.63, 3.8) is 0 Å². The molecule has 1 atom stereocenters. The van der Waals surface area contributed by atoms with E-state index < -0.39 is 22.7 Å². The molecule has 0 aliphatic carbocycles. The first-order chi connectivity index (χ1) is 13.0. The highest BCUT2D eigenvalue weighted by Gasteiger charge is 2.24. The van der Waals surface area contributed by atoms with E-state index in [2.05, 4.69) is 11.0 Å². The number of nitriles is 1. The summed E-state index contributed by atoms with van der Waals surface area (Å²) in [6, 6.07) is 9.83. The van der Waals surface area contributed by atoms with Crippen LogP contribution in [0.25, 0.3) is 0 Å². The molecule has 27 heavy (non-hydrogen) atoms. The lowest BCUT2D eigenvalue weighted by atomic mass is 9.99. The molecule has 7 heteroatoms. The lowest BCUT2D eigenvalue weighted by Gasteiger charge is -2.36. The van der Waals surface area contributed by atoms with Gasteiger partial charge in [0.05, 0.1) is 11.6 Å². The molecule has 1 aliphatic rings. The normalized spacial score (nSPS) is 17.4. The predicted molar refractivity (Wildman–Crippen MR) is 98.5 cm³/mol. The average Bonchev–Trinajstić information content (AvgIpc) is 2.66. The van der Waals surface area contributed by atoms with Gasteiger partial charge < -0.3 is 14.8 Å². The summed E-state index contributed by atoms with van der Waals surface area (Å²) in [6.45, 7) is 1.97. The molecule has 2 aromatic rings. The van der Waals surface area contributed by atoms with Gasteiger partial charge in [-0.3, -0.25) is 9.69 Å². The molecule has 3 rings (SSSR count). The van der Waals surface area contributed by atoms with Crippen molar-refractivity contribution in [2.45, 2.75) is 38.4 Å². The first kappa shape index (κ1) is 18.7. The quantitative estimate of drug-likeness (QED) is 0.839. The fourth-order valence-corrected chi connectivity index (χ4v) is 3.58. The van der Waals surface area contributed by atoms with Gasteiger partial charge in [-0.1, -0.05) is 24.6 Å². The van der Waals surface area contributed by atoms with Gasteiger partial charge >= 0.3 is 5.97 Å². The maximum absolute atomic E-state index is 11.7. The second-order valence-electron chi connectivity index (χ2n) is 6.78. The molecule has 0 spiro atoms. The molecule has 7 nitrogen and oxygen atoms in total. The Labute approximate surface area is 156 Å². The van der Waals surface area contributed by atoms with Crippen LogP contribution in [0, 0.1) is 11.3 Å². The molecule has 1 aromatic heterocycles. The number of aromatic carboxylic acids is 1. The largest absolute Gasteiger partial charge is 0.503 e. The van der Waals surface area contributed by atoms with Gasteiger partial charge in [-0.25, -0.2) is 4.79 Å². The number of nitrogens with zero attached hydrogens (tertiary/aromatic N) is 3. The van der Waals surface area contributed by atoms with Gasteiger partial charge in [0, 0.05) is 31.5 Å². The van der Waals surface area contributed by atoms with E-state index in [1.807, 2.05) is 18.2 Å². The summed E-state index contributed by atoms with van der Waals surface area (Å²) in [7, 11) is 0. The molecular weight excluding hydrogens is 346 g/mol. The molecule has 0 amide bonds. The van der Waals surface area contributed by atoms with Gasteiger partial charge in [-0.15, -0.1) is 0 Å². The number of carboxylic acid groups (broad SMARTS) is 1. The lowest BCUT2D eigenvalue weighted by molar-refractivity contribution is 0.0693. The molecule has 1 saturated heterocycles. The molecule has 2 heterocycles. The number of piperidine rings is 1. The van der Waals surface area contributed by atoms with E-state index in [0.717, 1.165) is 31.4 Å². The van der Waals surface area contributed by atoms with Crippen LogP contribution in [0.15, 0.2) is 41.5 Å². The minimum Gasteiger partial charge on any atom is -0.503 e. The van der Waals surface area contributed by atoms with Gasteiger partial charge in [-0.2, -0.15) is 5.26 Å². The fourth-order valence-electron chi connectivity index (χ4n) is 3.58. The van der Waals surface area contributed by atoms with E-state index in [0.29, 0.717) is 18.7 Å². The van der Waals surface area contributed by atoms with Crippen molar-refractivity contribution in [3.8, 4) is 11.8 Å².